The molecule has 1 fully saturated rings. The number of nitro groups is 1. The summed E-state index contributed by atoms with van der Waals surface area (Å²) in [5.74, 6) is -1.38. The molecule has 3 rings (SSSR count). The van der Waals surface area contributed by atoms with E-state index in [1.54, 1.807) is 11.8 Å². The third-order valence-corrected chi connectivity index (χ3v) is 5.89. The average Bonchev–Trinajstić information content (AvgIpc) is 3.35. The highest BCUT2D eigenvalue weighted by atomic mass is 32.1. The number of nitro benzene ring substituents is 1. The number of carbonyl (C=O) groups is 3. The highest BCUT2D eigenvalue weighted by Crippen LogP contribution is 2.35. The van der Waals surface area contributed by atoms with Gasteiger partial charge >= 0.3 is 5.97 Å². The monoisotopic (exact) mass is 417 g/mol. The molecule has 0 unspecified atom stereocenters. The second kappa shape index (κ2) is 8.39. The molecule has 0 atom stereocenters. The molecule has 1 aromatic heterocycles. The Kier molecular flexibility index (Phi) is 5.92. The summed E-state index contributed by atoms with van der Waals surface area (Å²) in [6.45, 7) is 2.97. The molecule has 9 nitrogen and oxygen atoms in total. The number of methoxy groups -OCH3 is 1. The highest BCUT2D eigenvalue weighted by Gasteiger charge is 2.29. The summed E-state index contributed by atoms with van der Waals surface area (Å²) in [4.78, 5) is 50.0. The standard InChI is InChI=1S/C19H19N3O6S/c1-11-14(19(25)28-2)17(29-15(11)18(24)21-9-3-4-10-21)20-16(23)12-5-7-13(8-6-12)22(26)27/h5-8H,3-4,9-10H2,1-2H3,(H,20,23). The van der Waals surface area contributed by atoms with Crippen LogP contribution in [0.5, 0.6) is 0 Å². The first-order valence-electron chi connectivity index (χ1n) is 8.90. The van der Waals surface area contributed by atoms with Crippen molar-refractivity contribution in [2.45, 2.75) is 19.8 Å². The zero-order chi connectivity index (χ0) is 21.1. The normalized spacial score (nSPS) is 13.2. The maximum absolute atomic E-state index is 12.8. The second-order valence-electron chi connectivity index (χ2n) is 6.51. The Hall–Kier alpha value is -3.27. The van der Waals surface area contributed by atoms with Gasteiger partial charge in [0.15, 0.2) is 0 Å². The molecule has 2 aromatic rings. The molecule has 152 valence electrons. The van der Waals surface area contributed by atoms with Crippen LogP contribution >= 0.6 is 11.3 Å². The molecule has 0 bridgehead atoms. The van der Waals surface area contributed by atoms with Crippen LogP contribution in [0.25, 0.3) is 0 Å². The minimum Gasteiger partial charge on any atom is -0.465 e. The summed E-state index contributed by atoms with van der Waals surface area (Å²) < 4.78 is 4.82. The van der Waals surface area contributed by atoms with Crippen molar-refractivity contribution in [3.8, 4) is 0 Å². The number of esters is 1. The van der Waals surface area contributed by atoms with Gasteiger partial charge in [0, 0.05) is 30.8 Å². The van der Waals surface area contributed by atoms with Gasteiger partial charge in [0.2, 0.25) is 0 Å². The van der Waals surface area contributed by atoms with E-state index in [2.05, 4.69) is 5.32 Å². The van der Waals surface area contributed by atoms with E-state index in [4.69, 9.17) is 4.74 Å². The fraction of sp³-hybridized carbons (Fsp3) is 0.316. The maximum Gasteiger partial charge on any atom is 0.341 e. The molecule has 0 saturated carbocycles. The lowest BCUT2D eigenvalue weighted by Crippen LogP contribution is -2.27. The quantitative estimate of drug-likeness (QED) is 0.453. The van der Waals surface area contributed by atoms with Crippen LogP contribution in [-0.2, 0) is 4.74 Å². The molecule has 1 aliphatic heterocycles. The van der Waals surface area contributed by atoms with Gasteiger partial charge in [-0.2, -0.15) is 0 Å². The van der Waals surface area contributed by atoms with E-state index in [1.165, 1.54) is 31.4 Å². The number of anilines is 1. The van der Waals surface area contributed by atoms with Gasteiger partial charge < -0.3 is 15.0 Å². The average molecular weight is 417 g/mol. The fourth-order valence-electron chi connectivity index (χ4n) is 3.13. The van der Waals surface area contributed by atoms with Crippen molar-refractivity contribution in [2.75, 3.05) is 25.5 Å². The summed E-state index contributed by atoms with van der Waals surface area (Å²) >= 11 is 1.02. The first-order chi connectivity index (χ1) is 13.8. The number of hydrogen-bond donors (Lipinski definition) is 1. The van der Waals surface area contributed by atoms with Crippen molar-refractivity contribution in [3.63, 3.8) is 0 Å². The zero-order valence-electron chi connectivity index (χ0n) is 15.9. The van der Waals surface area contributed by atoms with Crippen molar-refractivity contribution in [1.82, 2.24) is 4.90 Å². The van der Waals surface area contributed by atoms with E-state index in [-0.39, 0.29) is 27.7 Å². The number of rotatable bonds is 5. The molecule has 10 heteroatoms. The summed E-state index contributed by atoms with van der Waals surface area (Å²) in [7, 11) is 1.23. The molecule has 1 aliphatic rings. The molecule has 1 N–H and O–H groups in total. The summed E-state index contributed by atoms with van der Waals surface area (Å²) in [6.07, 6.45) is 1.87. The van der Waals surface area contributed by atoms with Crippen LogP contribution in [0.3, 0.4) is 0 Å². The van der Waals surface area contributed by atoms with Crippen LogP contribution in [0.4, 0.5) is 10.7 Å². The minimum atomic E-state index is -0.654. The Bertz CT molecular complexity index is 977. The van der Waals surface area contributed by atoms with E-state index in [0.29, 0.717) is 23.5 Å². The van der Waals surface area contributed by atoms with E-state index in [1.807, 2.05) is 0 Å². The third-order valence-electron chi connectivity index (χ3n) is 4.69. The summed E-state index contributed by atoms with van der Waals surface area (Å²) in [5.41, 5.74) is 0.639. The number of thiophene rings is 1. The number of non-ortho nitro benzene ring substituents is 1. The molecule has 1 aromatic carbocycles. The number of hydrogen-bond acceptors (Lipinski definition) is 7. The van der Waals surface area contributed by atoms with E-state index < -0.39 is 16.8 Å². The molecule has 0 spiro atoms. The molecule has 0 radical (unpaired) electrons. The van der Waals surface area contributed by atoms with Crippen LogP contribution < -0.4 is 5.32 Å². The van der Waals surface area contributed by atoms with Gasteiger partial charge in [-0.1, -0.05) is 0 Å². The lowest BCUT2D eigenvalue weighted by Gasteiger charge is -2.14. The fourth-order valence-corrected chi connectivity index (χ4v) is 4.28. The van der Waals surface area contributed by atoms with Crippen molar-refractivity contribution in [2.24, 2.45) is 0 Å². The largest absolute Gasteiger partial charge is 0.465 e. The van der Waals surface area contributed by atoms with Gasteiger partial charge in [-0.3, -0.25) is 19.7 Å². The van der Waals surface area contributed by atoms with Crippen LogP contribution in [0.15, 0.2) is 24.3 Å². The van der Waals surface area contributed by atoms with Gasteiger partial charge in [0.25, 0.3) is 17.5 Å². The predicted octanol–water partition coefficient (Wildman–Crippen LogP) is 3.24. The van der Waals surface area contributed by atoms with Crippen LogP contribution in [-0.4, -0.2) is 47.8 Å². The van der Waals surface area contributed by atoms with Gasteiger partial charge in [-0.15, -0.1) is 11.3 Å². The highest BCUT2D eigenvalue weighted by molar-refractivity contribution is 7.18. The van der Waals surface area contributed by atoms with E-state index >= 15 is 0 Å². The Labute approximate surface area is 170 Å². The van der Waals surface area contributed by atoms with Gasteiger partial charge in [0.1, 0.15) is 5.00 Å². The summed E-state index contributed by atoms with van der Waals surface area (Å²) in [6, 6.07) is 5.08. The molecule has 0 aliphatic carbocycles. The first kappa shape index (κ1) is 20.5. The SMILES string of the molecule is COC(=O)c1c(NC(=O)c2ccc([N+](=O)[O-])cc2)sc(C(=O)N2CCCC2)c1C. The van der Waals surface area contributed by atoms with Crippen LogP contribution in [0.1, 0.15) is 48.8 Å². The number of nitrogens with one attached hydrogen (secondary N) is 1. The summed E-state index contributed by atoms with van der Waals surface area (Å²) in [5, 5.41) is 13.6. The molecule has 2 heterocycles. The van der Waals surface area contributed by atoms with E-state index in [9.17, 15) is 24.5 Å². The smallest absolute Gasteiger partial charge is 0.341 e. The number of nitrogens with zero attached hydrogens (tertiary/aromatic N) is 2. The van der Waals surface area contributed by atoms with Crippen LogP contribution in [0.2, 0.25) is 0 Å². The topological polar surface area (TPSA) is 119 Å². The second-order valence-corrected chi connectivity index (χ2v) is 7.53. The van der Waals surface area contributed by atoms with Crippen LogP contribution in [0, 0.1) is 17.0 Å². The predicted molar refractivity (Wildman–Crippen MR) is 107 cm³/mol. The zero-order valence-corrected chi connectivity index (χ0v) is 16.7. The van der Waals surface area contributed by atoms with Gasteiger partial charge in [0.05, 0.1) is 22.5 Å². The minimum absolute atomic E-state index is 0.135. The molecule has 2 amide bonds. The van der Waals surface area contributed by atoms with Crippen molar-refractivity contribution >= 4 is 39.8 Å². The van der Waals surface area contributed by atoms with Crippen molar-refractivity contribution < 1.29 is 24.0 Å². The number of benzene rings is 1. The Morgan fingerprint density at radius 2 is 1.79 bits per heavy atom. The lowest BCUT2D eigenvalue weighted by atomic mass is 10.1. The first-order valence-corrected chi connectivity index (χ1v) is 9.72. The lowest BCUT2D eigenvalue weighted by molar-refractivity contribution is -0.384. The molecular weight excluding hydrogens is 398 g/mol. The number of ether oxygens (including phenoxy) is 1. The maximum atomic E-state index is 12.8. The number of amides is 2. The van der Waals surface area contributed by atoms with Crippen molar-refractivity contribution in [1.29, 1.82) is 0 Å². The molecule has 1 saturated heterocycles. The van der Waals surface area contributed by atoms with E-state index in [0.717, 1.165) is 24.2 Å². The Morgan fingerprint density at radius 1 is 1.17 bits per heavy atom. The molecule has 29 heavy (non-hydrogen) atoms. The Morgan fingerprint density at radius 3 is 2.34 bits per heavy atom. The third kappa shape index (κ3) is 4.11. The van der Waals surface area contributed by atoms with Gasteiger partial charge in [-0.25, -0.2) is 4.79 Å². The molecular formula is C19H19N3O6S. The number of likely N-dealkylation sites (tertiary alicyclic amines) is 1. The van der Waals surface area contributed by atoms with Crippen molar-refractivity contribution in [3.05, 3.63) is 55.9 Å². The number of carbonyl (C=O) groups excluding carboxylic acids is 3. The van der Waals surface area contributed by atoms with Gasteiger partial charge in [-0.05, 0) is 37.5 Å². The Balaban J connectivity index is 1.91.